The number of benzene rings is 2. The summed E-state index contributed by atoms with van der Waals surface area (Å²) in [5.74, 6) is -0.425. The Morgan fingerprint density at radius 1 is 1.12 bits per heavy atom. The molecule has 25 heavy (non-hydrogen) atoms. The summed E-state index contributed by atoms with van der Waals surface area (Å²) in [5.41, 5.74) is 1.28. The van der Waals surface area contributed by atoms with Gasteiger partial charge >= 0.3 is 5.97 Å². The van der Waals surface area contributed by atoms with E-state index >= 15 is 0 Å². The van der Waals surface area contributed by atoms with Gasteiger partial charge in [0.15, 0.2) is 5.58 Å². The van der Waals surface area contributed by atoms with Crippen LogP contribution in [-0.4, -0.2) is 25.1 Å². The van der Waals surface area contributed by atoms with E-state index in [0.717, 1.165) is 16.2 Å². The van der Waals surface area contributed by atoms with Gasteiger partial charge in [-0.3, -0.25) is 4.79 Å². The van der Waals surface area contributed by atoms with Crippen molar-refractivity contribution in [3.63, 3.8) is 0 Å². The lowest BCUT2D eigenvalue weighted by Crippen LogP contribution is -2.08. The third-order valence-electron chi connectivity index (χ3n) is 3.84. The molecule has 0 saturated heterocycles. The molecule has 0 radical (unpaired) electrons. The summed E-state index contributed by atoms with van der Waals surface area (Å²) < 4.78 is 11.1. The molecule has 130 valence electrons. The molecule has 0 atom stereocenters. The Morgan fingerprint density at radius 2 is 1.92 bits per heavy atom. The van der Waals surface area contributed by atoms with Gasteiger partial charge in [0, 0.05) is 4.90 Å². The molecule has 0 unspecified atom stereocenters. The SMILES string of the molecule is CCCOC(=O)c1ccc2oc3c(SC)cc(SC)cc3c(=O)c2c1. The molecule has 4 nitrogen and oxygen atoms in total. The van der Waals surface area contributed by atoms with Gasteiger partial charge in [-0.15, -0.1) is 23.5 Å². The normalized spacial score (nSPS) is 11.2. The molecule has 0 saturated carbocycles. The quantitative estimate of drug-likeness (QED) is 0.357. The molecule has 1 aromatic heterocycles. The Balaban J connectivity index is 2.24. The first-order chi connectivity index (χ1) is 12.1. The van der Waals surface area contributed by atoms with Crippen molar-refractivity contribution in [2.45, 2.75) is 23.1 Å². The largest absolute Gasteiger partial charge is 0.462 e. The van der Waals surface area contributed by atoms with Crippen molar-refractivity contribution in [3.05, 3.63) is 46.1 Å². The zero-order chi connectivity index (χ0) is 18.0. The van der Waals surface area contributed by atoms with Crippen molar-refractivity contribution >= 4 is 51.4 Å². The average Bonchev–Trinajstić information content (AvgIpc) is 2.65. The van der Waals surface area contributed by atoms with Gasteiger partial charge in [-0.1, -0.05) is 6.92 Å². The Bertz CT molecular complexity index is 1010. The van der Waals surface area contributed by atoms with E-state index in [1.807, 2.05) is 31.6 Å². The minimum absolute atomic E-state index is 0.132. The van der Waals surface area contributed by atoms with Crippen LogP contribution in [0.5, 0.6) is 0 Å². The Labute approximate surface area is 153 Å². The second-order valence-electron chi connectivity index (χ2n) is 5.48. The van der Waals surface area contributed by atoms with E-state index in [4.69, 9.17) is 9.15 Å². The highest BCUT2D eigenvalue weighted by Crippen LogP contribution is 2.32. The standard InChI is InChI=1S/C19H18O4S2/c1-4-7-22-19(21)11-5-6-15-13(8-11)17(20)14-9-12(24-2)10-16(25-3)18(14)23-15/h5-6,8-10H,4,7H2,1-3H3. The second-order valence-corrected chi connectivity index (χ2v) is 7.21. The maximum absolute atomic E-state index is 13.0. The fourth-order valence-electron chi connectivity index (χ4n) is 2.58. The molecule has 3 aromatic rings. The topological polar surface area (TPSA) is 56.5 Å². The zero-order valence-electron chi connectivity index (χ0n) is 14.3. The van der Waals surface area contributed by atoms with Crippen LogP contribution in [0.4, 0.5) is 0 Å². The number of hydrogen-bond donors (Lipinski definition) is 0. The Morgan fingerprint density at radius 3 is 2.60 bits per heavy atom. The van der Waals surface area contributed by atoms with Gasteiger partial charge in [0.2, 0.25) is 5.43 Å². The number of carbonyl (C=O) groups is 1. The fraction of sp³-hybridized carbons (Fsp3) is 0.263. The lowest BCUT2D eigenvalue weighted by molar-refractivity contribution is 0.0505. The van der Waals surface area contributed by atoms with E-state index in [-0.39, 0.29) is 5.43 Å². The Kier molecular flexibility index (Phi) is 5.39. The van der Waals surface area contributed by atoms with Crippen LogP contribution in [0, 0.1) is 0 Å². The molecule has 0 spiro atoms. The predicted molar refractivity (Wildman–Crippen MR) is 104 cm³/mol. The monoisotopic (exact) mass is 374 g/mol. The third-order valence-corrected chi connectivity index (χ3v) is 5.29. The molecular weight excluding hydrogens is 356 g/mol. The summed E-state index contributed by atoms with van der Waals surface area (Å²) in [4.78, 5) is 27.0. The van der Waals surface area contributed by atoms with E-state index in [9.17, 15) is 9.59 Å². The van der Waals surface area contributed by atoms with Gasteiger partial charge in [0.25, 0.3) is 0 Å². The highest BCUT2D eigenvalue weighted by Gasteiger charge is 2.15. The maximum atomic E-state index is 13.0. The molecule has 0 bridgehead atoms. The van der Waals surface area contributed by atoms with E-state index in [0.29, 0.717) is 34.1 Å². The number of ether oxygens (including phenoxy) is 1. The first-order valence-corrected chi connectivity index (χ1v) is 10.3. The van der Waals surface area contributed by atoms with Crippen molar-refractivity contribution in [1.29, 1.82) is 0 Å². The fourth-order valence-corrected chi connectivity index (χ4v) is 3.70. The van der Waals surface area contributed by atoms with E-state index in [1.54, 1.807) is 41.7 Å². The first kappa shape index (κ1) is 17.9. The number of rotatable bonds is 5. The van der Waals surface area contributed by atoms with Crippen LogP contribution >= 0.6 is 23.5 Å². The average molecular weight is 374 g/mol. The summed E-state index contributed by atoms with van der Waals surface area (Å²) in [6.45, 7) is 2.29. The highest BCUT2D eigenvalue weighted by atomic mass is 32.2. The van der Waals surface area contributed by atoms with Crippen molar-refractivity contribution in [2.75, 3.05) is 19.1 Å². The van der Waals surface area contributed by atoms with Crippen LogP contribution in [0.15, 0.2) is 49.3 Å². The third kappa shape index (κ3) is 3.41. The predicted octanol–water partition coefficient (Wildman–Crippen LogP) is 4.96. The smallest absolute Gasteiger partial charge is 0.338 e. The number of carbonyl (C=O) groups excluding carboxylic acids is 1. The molecule has 0 aliphatic carbocycles. The summed E-state index contributed by atoms with van der Waals surface area (Å²) in [6.07, 6.45) is 4.67. The second kappa shape index (κ2) is 7.54. The van der Waals surface area contributed by atoms with Crippen LogP contribution in [0.3, 0.4) is 0 Å². The first-order valence-electron chi connectivity index (χ1n) is 7.88. The molecule has 6 heteroatoms. The lowest BCUT2D eigenvalue weighted by Gasteiger charge is -2.08. The van der Waals surface area contributed by atoms with E-state index in [1.165, 1.54) is 0 Å². The number of thioether (sulfide) groups is 2. The molecule has 0 N–H and O–H groups in total. The van der Waals surface area contributed by atoms with Crippen LogP contribution in [0.1, 0.15) is 23.7 Å². The number of esters is 1. The molecule has 2 aromatic carbocycles. The van der Waals surface area contributed by atoms with Crippen LogP contribution in [0.25, 0.3) is 21.9 Å². The van der Waals surface area contributed by atoms with Gasteiger partial charge in [-0.25, -0.2) is 4.79 Å². The van der Waals surface area contributed by atoms with Crippen molar-refractivity contribution in [1.82, 2.24) is 0 Å². The van der Waals surface area contributed by atoms with Crippen molar-refractivity contribution in [3.8, 4) is 0 Å². The highest BCUT2D eigenvalue weighted by molar-refractivity contribution is 7.99. The molecule has 0 aliphatic heterocycles. The Hall–Kier alpha value is -1.92. The number of hydrogen-bond acceptors (Lipinski definition) is 6. The van der Waals surface area contributed by atoms with E-state index < -0.39 is 5.97 Å². The molecule has 1 heterocycles. The van der Waals surface area contributed by atoms with Crippen molar-refractivity contribution in [2.24, 2.45) is 0 Å². The van der Waals surface area contributed by atoms with Gasteiger partial charge in [0.05, 0.1) is 27.8 Å². The molecule has 0 fully saturated rings. The molecule has 0 aliphatic rings. The van der Waals surface area contributed by atoms with Crippen LogP contribution < -0.4 is 5.43 Å². The number of fused-ring (bicyclic) bond motifs is 2. The molecule has 3 rings (SSSR count). The van der Waals surface area contributed by atoms with Gasteiger partial charge in [0.1, 0.15) is 5.58 Å². The molecular formula is C19H18O4S2. The van der Waals surface area contributed by atoms with Gasteiger partial charge in [-0.05, 0) is 49.3 Å². The van der Waals surface area contributed by atoms with Gasteiger partial charge in [-0.2, -0.15) is 0 Å². The van der Waals surface area contributed by atoms with Crippen molar-refractivity contribution < 1.29 is 13.9 Å². The molecule has 0 amide bonds. The summed E-state index contributed by atoms with van der Waals surface area (Å²) in [5, 5.41) is 0.923. The van der Waals surface area contributed by atoms with Crippen LogP contribution in [-0.2, 0) is 4.74 Å². The summed E-state index contributed by atoms with van der Waals surface area (Å²) >= 11 is 3.12. The van der Waals surface area contributed by atoms with Gasteiger partial charge < -0.3 is 9.15 Å². The minimum atomic E-state index is -0.425. The minimum Gasteiger partial charge on any atom is -0.462 e. The lowest BCUT2D eigenvalue weighted by atomic mass is 10.1. The maximum Gasteiger partial charge on any atom is 0.338 e. The summed E-state index contributed by atoms with van der Waals surface area (Å²) in [6, 6.07) is 8.70. The van der Waals surface area contributed by atoms with E-state index in [2.05, 4.69) is 0 Å². The van der Waals surface area contributed by atoms with Crippen LogP contribution in [0.2, 0.25) is 0 Å². The zero-order valence-corrected chi connectivity index (χ0v) is 15.9. The summed E-state index contributed by atoms with van der Waals surface area (Å²) in [7, 11) is 0.